The predicted octanol–water partition coefficient (Wildman–Crippen LogP) is -0.622. The first-order chi connectivity index (χ1) is 3.42. The fourth-order valence-electron chi connectivity index (χ4n) is 0.478. The Balaban J connectivity index is 3.75. The Hall–Kier alpha value is -0.0900. The summed E-state index contributed by atoms with van der Waals surface area (Å²) in [6.07, 6.45) is 1.18. The van der Waals surface area contributed by atoms with Crippen LogP contribution in [0.2, 0.25) is 0 Å². The Morgan fingerprint density at radius 3 is 2.00 bits per heavy atom. The van der Waals surface area contributed by atoms with Gasteiger partial charge >= 0.3 is 0 Å². The fraction of sp³-hybridized carbons (Fsp3) is 1.00. The van der Waals surface area contributed by atoms with Crippen LogP contribution in [0, 0.1) is 0 Å². The minimum Gasteiger partial charge on any atom is -0.327 e. The van der Waals surface area contributed by atoms with Gasteiger partial charge < -0.3 is 5.73 Å². The second-order valence-electron chi connectivity index (χ2n) is 2.07. The zero-order valence-corrected chi connectivity index (χ0v) is 5.90. The van der Waals surface area contributed by atoms with Crippen molar-refractivity contribution in [2.75, 3.05) is 12.0 Å². The highest BCUT2D eigenvalue weighted by Crippen LogP contribution is 1.84. The average Bonchev–Trinajstić information content (AvgIpc) is 1.21. The topological polar surface area (TPSA) is 60.2 Å². The molecule has 0 rings (SSSR count). The molecular weight excluding hydrogens is 126 g/mol. The standard InChI is InChI=1S/C4H11NO2S/c1-4(5)3-8(2,6)7/h4H,3,5H2,1-2H3/t4-/m1/s1. The van der Waals surface area contributed by atoms with Crippen molar-refractivity contribution in [1.82, 2.24) is 0 Å². The second kappa shape index (κ2) is 2.46. The number of rotatable bonds is 2. The highest BCUT2D eigenvalue weighted by Gasteiger charge is 2.03. The lowest BCUT2D eigenvalue weighted by atomic mass is 10.4. The van der Waals surface area contributed by atoms with Crippen LogP contribution in [-0.4, -0.2) is 26.5 Å². The number of sulfone groups is 1. The predicted molar refractivity (Wildman–Crippen MR) is 33.4 cm³/mol. The third kappa shape index (κ3) is 5.91. The van der Waals surface area contributed by atoms with Gasteiger partial charge in [0.25, 0.3) is 0 Å². The van der Waals surface area contributed by atoms with E-state index in [4.69, 9.17) is 5.73 Å². The minimum atomic E-state index is -2.85. The maximum Gasteiger partial charge on any atom is 0.148 e. The van der Waals surface area contributed by atoms with Gasteiger partial charge in [0.1, 0.15) is 9.84 Å². The number of nitrogens with two attached hydrogens (primary N) is 1. The van der Waals surface area contributed by atoms with E-state index in [-0.39, 0.29) is 11.8 Å². The summed E-state index contributed by atoms with van der Waals surface area (Å²) in [6.45, 7) is 1.67. The molecule has 0 aromatic rings. The summed E-state index contributed by atoms with van der Waals surface area (Å²) in [5.74, 6) is 0.0764. The zero-order valence-electron chi connectivity index (χ0n) is 5.09. The minimum absolute atomic E-state index is 0.0764. The van der Waals surface area contributed by atoms with Gasteiger partial charge in [-0.05, 0) is 6.92 Å². The third-order valence-corrected chi connectivity index (χ3v) is 1.70. The van der Waals surface area contributed by atoms with Gasteiger partial charge in [-0.15, -0.1) is 0 Å². The molecule has 4 heteroatoms. The molecule has 0 spiro atoms. The van der Waals surface area contributed by atoms with Crippen molar-refractivity contribution in [1.29, 1.82) is 0 Å². The summed E-state index contributed by atoms with van der Waals surface area (Å²) in [7, 11) is -2.85. The van der Waals surface area contributed by atoms with E-state index in [2.05, 4.69) is 0 Å². The highest BCUT2D eigenvalue weighted by molar-refractivity contribution is 7.90. The van der Waals surface area contributed by atoms with Crippen LogP contribution in [0.15, 0.2) is 0 Å². The summed E-state index contributed by atoms with van der Waals surface area (Å²) in [6, 6.07) is -0.245. The lowest BCUT2D eigenvalue weighted by molar-refractivity contribution is 0.596. The molecule has 50 valence electrons. The van der Waals surface area contributed by atoms with E-state index in [0.29, 0.717) is 0 Å². The molecule has 0 heterocycles. The van der Waals surface area contributed by atoms with Crippen LogP contribution in [0.4, 0.5) is 0 Å². The van der Waals surface area contributed by atoms with Gasteiger partial charge in [-0.2, -0.15) is 0 Å². The summed E-state index contributed by atoms with van der Waals surface area (Å²) >= 11 is 0. The Kier molecular flexibility index (Phi) is 2.43. The molecule has 2 N–H and O–H groups in total. The van der Waals surface area contributed by atoms with Crippen LogP contribution < -0.4 is 5.73 Å². The molecule has 0 saturated carbocycles. The molecule has 8 heavy (non-hydrogen) atoms. The Morgan fingerprint density at radius 2 is 2.00 bits per heavy atom. The lowest BCUT2D eigenvalue weighted by Crippen LogP contribution is -2.25. The fourth-order valence-corrected chi connectivity index (χ4v) is 1.43. The van der Waals surface area contributed by atoms with Crippen molar-refractivity contribution >= 4 is 9.84 Å². The molecule has 0 fully saturated rings. The molecule has 0 aliphatic heterocycles. The smallest absolute Gasteiger partial charge is 0.148 e. The molecule has 3 nitrogen and oxygen atoms in total. The normalized spacial score (nSPS) is 15.9. The maximum atomic E-state index is 10.4. The van der Waals surface area contributed by atoms with Crippen LogP contribution in [0.1, 0.15) is 6.92 Å². The Labute approximate surface area is 49.8 Å². The summed E-state index contributed by atoms with van der Waals surface area (Å²) in [4.78, 5) is 0. The molecule has 0 aromatic heterocycles. The van der Waals surface area contributed by atoms with E-state index < -0.39 is 9.84 Å². The van der Waals surface area contributed by atoms with Crippen LogP contribution in [0.25, 0.3) is 0 Å². The molecule has 0 aliphatic carbocycles. The molecular formula is C4H11NO2S. The Bertz CT molecular complexity index is 147. The Morgan fingerprint density at radius 1 is 1.62 bits per heavy atom. The third-order valence-electron chi connectivity index (χ3n) is 0.566. The van der Waals surface area contributed by atoms with Gasteiger partial charge in [0.15, 0.2) is 0 Å². The monoisotopic (exact) mass is 137 g/mol. The highest BCUT2D eigenvalue weighted by atomic mass is 32.2. The molecule has 0 aromatic carbocycles. The molecule has 1 atom stereocenters. The van der Waals surface area contributed by atoms with E-state index in [0.717, 1.165) is 0 Å². The van der Waals surface area contributed by atoms with Gasteiger partial charge in [0, 0.05) is 12.3 Å². The first-order valence-electron chi connectivity index (χ1n) is 2.35. The molecule has 0 unspecified atom stereocenters. The van der Waals surface area contributed by atoms with Crippen molar-refractivity contribution in [3.05, 3.63) is 0 Å². The van der Waals surface area contributed by atoms with E-state index in [1.165, 1.54) is 6.26 Å². The van der Waals surface area contributed by atoms with Gasteiger partial charge in [-0.3, -0.25) is 0 Å². The van der Waals surface area contributed by atoms with Gasteiger partial charge in [0.05, 0.1) is 5.75 Å². The van der Waals surface area contributed by atoms with E-state index in [9.17, 15) is 8.42 Å². The number of hydrogen-bond acceptors (Lipinski definition) is 3. The summed E-state index contributed by atoms with van der Waals surface area (Å²) in [5, 5.41) is 0. The summed E-state index contributed by atoms with van der Waals surface area (Å²) in [5.41, 5.74) is 5.20. The van der Waals surface area contributed by atoms with E-state index in [1.807, 2.05) is 0 Å². The molecule has 0 bridgehead atoms. The van der Waals surface area contributed by atoms with Gasteiger partial charge in [-0.25, -0.2) is 8.42 Å². The largest absolute Gasteiger partial charge is 0.327 e. The van der Waals surface area contributed by atoms with Crippen molar-refractivity contribution in [2.45, 2.75) is 13.0 Å². The van der Waals surface area contributed by atoms with E-state index >= 15 is 0 Å². The maximum absolute atomic E-state index is 10.4. The number of hydrogen-bond donors (Lipinski definition) is 1. The van der Waals surface area contributed by atoms with Crippen LogP contribution in [0.3, 0.4) is 0 Å². The SMILES string of the molecule is C[C@@H](N)CS(C)(=O)=O. The van der Waals surface area contributed by atoms with Gasteiger partial charge in [0.2, 0.25) is 0 Å². The quantitative estimate of drug-likeness (QED) is 0.551. The van der Waals surface area contributed by atoms with Crippen LogP contribution in [-0.2, 0) is 9.84 Å². The summed E-state index contributed by atoms with van der Waals surface area (Å²) < 4.78 is 20.7. The van der Waals surface area contributed by atoms with Crippen molar-refractivity contribution in [3.8, 4) is 0 Å². The van der Waals surface area contributed by atoms with Crippen molar-refractivity contribution in [2.24, 2.45) is 5.73 Å². The van der Waals surface area contributed by atoms with Crippen LogP contribution in [0.5, 0.6) is 0 Å². The van der Waals surface area contributed by atoms with Gasteiger partial charge in [-0.1, -0.05) is 0 Å². The van der Waals surface area contributed by atoms with Crippen molar-refractivity contribution in [3.63, 3.8) is 0 Å². The molecule has 0 saturated heterocycles. The molecule has 0 aliphatic rings. The first-order valence-corrected chi connectivity index (χ1v) is 4.41. The van der Waals surface area contributed by atoms with Crippen LogP contribution >= 0.6 is 0 Å². The lowest BCUT2D eigenvalue weighted by Gasteiger charge is -1.99. The molecule has 0 amide bonds. The van der Waals surface area contributed by atoms with E-state index in [1.54, 1.807) is 6.92 Å². The zero-order chi connectivity index (χ0) is 6.78. The average molecular weight is 137 g/mol. The molecule has 0 radical (unpaired) electrons. The first kappa shape index (κ1) is 7.91. The second-order valence-corrected chi connectivity index (χ2v) is 4.25. The van der Waals surface area contributed by atoms with Crippen molar-refractivity contribution < 1.29 is 8.42 Å².